The summed E-state index contributed by atoms with van der Waals surface area (Å²) in [4.78, 5) is 27.1. The molecule has 160 valence electrons. The molecule has 1 aliphatic heterocycles. The number of carbonyl (C=O) groups is 2. The second kappa shape index (κ2) is 9.06. The van der Waals surface area contributed by atoms with Crippen LogP contribution >= 0.6 is 0 Å². The summed E-state index contributed by atoms with van der Waals surface area (Å²) in [6, 6.07) is 5.36. The van der Waals surface area contributed by atoms with Crippen molar-refractivity contribution < 1.29 is 14.1 Å². The normalized spacial score (nSPS) is 18.0. The van der Waals surface area contributed by atoms with E-state index in [1.54, 1.807) is 11.0 Å². The minimum Gasteiger partial charge on any atom is -0.361 e. The van der Waals surface area contributed by atoms with Crippen molar-refractivity contribution in [2.45, 2.75) is 32.2 Å². The molecule has 7 heteroatoms. The Morgan fingerprint density at radius 1 is 1.32 bits per heavy atom. The van der Waals surface area contributed by atoms with Gasteiger partial charge in [0.05, 0.1) is 12.1 Å². The quantitative estimate of drug-likeness (QED) is 0.732. The molecule has 1 unspecified atom stereocenters. The minimum absolute atomic E-state index is 0.111. The standard InChI is InChI=1S/C24H26N4O3/c1-17-14-20(31-26-17)15-23(29)28-13-5-9-22(28)24(30)25-16-18-6-3-7-19(11-10-18)21-8-4-12-27(21)2/h4,6-8,10-12,14,22H,5,9,13,15-16H2,1-2H3,(H,25,30). The SMILES string of the molecule is Cc1cc(CC(=O)N2CCCC2C(=O)NCC2=CC=C(c3cccn3C)C=C=C2)on1. The summed E-state index contributed by atoms with van der Waals surface area (Å²) in [6.07, 6.45) is 11.4. The van der Waals surface area contributed by atoms with Gasteiger partial charge in [0.25, 0.3) is 0 Å². The number of hydrogen-bond donors (Lipinski definition) is 1. The van der Waals surface area contributed by atoms with E-state index in [1.165, 1.54) is 0 Å². The highest BCUT2D eigenvalue weighted by Crippen LogP contribution is 2.20. The van der Waals surface area contributed by atoms with Gasteiger partial charge in [0.1, 0.15) is 11.8 Å². The summed E-state index contributed by atoms with van der Waals surface area (Å²) >= 11 is 0. The Hall–Kier alpha value is -3.57. The van der Waals surface area contributed by atoms with Crippen LogP contribution in [0.1, 0.15) is 30.0 Å². The van der Waals surface area contributed by atoms with E-state index < -0.39 is 6.04 Å². The first-order valence-electron chi connectivity index (χ1n) is 10.5. The molecule has 1 fully saturated rings. The molecular weight excluding hydrogens is 392 g/mol. The van der Waals surface area contributed by atoms with E-state index in [9.17, 15) is 9.59 Å². The molecule has 0 radical (unpaired) electrons. The Morgan fingerprint density at radius 2 is 2.19 bits per heavy atom. The molecule has 31 heavy (non-hydrogen) atoms. The lowest BCUT2D eigenvalue weighted by Crippen LogP contribution is -2.46. The van der Waals surface area contributed by atoms with E-state index >= 15 is 0 Å². The lowest BCUT2D eigenvalue weighted by molar-refractivity contribution is -0.138. The molecule has 4 rings (SSSR count). The molecule has 2 aromatic heterocycles. The molecule has 0 aromatic carbocycles. The highest BCUT2D eigenvalue weighted by Gasteiger charge is 2.34. The number of amides is 2. The number of likely N-dealkylation sites (tertiary alicyclic amines) is 1. The number of nitrogens with one attached hydrogen (secondary N) is 1. The van der Waals surface area contributed by atoms with Crippen molar-refractivity contribution in [2.24, 2.45) is 7.05 Å². The number of allylic oxidation sites excluding steroid dienone is 3. The second-order valence-electron chi connectivity index (χ2n) is 7.90. The van der Waals surface area contributed by atoms with Crippen molar-refractivity contribution in [3.63, 3.8) is 0 Å². The van der Waals surface area contributed by atoms with Crippen molar-refractivity contribution >= 4 is 17.4 Å². The zero-order valence-corrected chi connectivity index (χ0v) is 17.8. The fraction of sp³-hybridized carbons (Fsp3) is 0.333. The summed E-state index contributed by atoms with van der Waals surface area (Å²) in [7, 11) is 2.00. The number of nitrogens with zero attached hydrogens (tertiary/aromatic N) is 3. The smallest absolute Gasteiger partial charge is 0.243 e. The lowest BCUT2D eigenvalue weighted by Gasteiger charge is -2.23. The van der Waals surface area contributed by atoms with Crippen molar-refractivity contribution in [3.8, 4) is 0 Å². The predicted octanol–water partition coefficient (Wildman–Crippen LogP) is 2.71. The number of aromatic nitrogens is 2. The van der Waals surface area contributed by atoms with Crippen LogP contribution in [-0.2, 0) is 23.1 Å². The number of aryl methyl sites for hydroxylation is 2. The van der Waals surface area contributed by atoms with Crippen LogP contribution in [0.3, 0.4) is 0 Å². The topological polar surface area (TPSA) is 80.4 Å². The lowest BCUT2D eigenvalue weighted by atomic mass is 10.1. The summed E-state index contributed by atoms with van der Waals surface area (Å²) in [5.74, 6) is 0.282. The van der Waals surface area contributed by atoms with Crippen LogP contribution in [0.4, 0.5) is 0 Å². The van der Waals surface area contributed by atoms with Crippen molar-refractivity contribution in [3.05, 3.63) is 77.2 Å². The Kier molecular flexibility index (Phi) is 6.05. The fourth-order valence-corrected chi connectivity index (χ4v) is 3.96. The van der Waals surface area contributed by atoms with E-state index in [1.807, 2.05) is 50.5 Å². The molecule has 7 nitrogen and oxygen atoms in total. The van der Waals surface area contributed by atoms with E-state index in [4.69, 9.17) is 4.52 Å². The fourth-order valence-electron chi connectivity index (χ4n) is 3.96. The molecule has 2 aromatic rings. The van der Waals surface area contributed by atoms with Crippen molar-refractivity contribution in [1.82, 2.24) is 19.9 Å². The molecule has 0 saturated carbocycles. The van der Waals surface area contributed by atoms with Gasteiger partial charge in [0.2, 0.25) is 11.8 Å². The molecule has 1 aliphatic carbocycles. The van der Waals surface area contributed by atoms with Gasteiger partial charge in [-0.1, -0.05) is 17.3 Å². The van der Waals surface area contributed by atoms with Gasteiger partial charge in [0, 0.05) is 43.7 Å². The molecule has 3 heterocycles. The van der Waals surface area contributed by atoms with Gasteiger partial charge in [0.15, 0.2) is 0 Å². The van der Waals surface area contributed by atoms with Crippen LogP contribution in [0.5, 0.6) is 0 Å². The molecule has 1 atom stereocenters. The third kappa shape index (κ3) is 4.78. The maximum atomic E-state index is 12.8. The number of rotatable bonds is 6. The van der Waals surface area contributed by atoms with Crippen molar-refractivity contribution in [2.75, 3.05) is 13.1 Å². The van der Waals surface area contributed by atoms with E-state index in [2.05, 4.69) is 26.8 Å². The predicted molar refractivity (Wildman–Crippen MR) is 117 cm³/mol. The van der Waals surface area contributed by atoms with Gasteiger partial charge >= 0.3 is 0 Å². The summed E-state index contributed by atoms with van der Waals surface area (Å²) < 4.78 is 7.20. The van der Waals surface area contributed by atoms with Crippen LogP contribution in [-0.4, -0.2) is 45.6 Å². The molecule has 0 spiro atoms. The highest BCUT2D eigenvalue weighted by atomic mass is 16.5. The number of carbonyl (C=O) groups excluding carboxylic acids is 2. The summed E-state index contributed by atoms with van der Waals surface area (Å²) in [6.45, 7) is 2.78. The van der Waals surface area contributed by atoms with Gasteiger partial charge in [-0.2, -0.15) is 0 Å². The average Bonchev–Trinajstić information content (AvgIpc) is 3.46. The van der Waals surface area contributed by atoms with E-state index in [-0.39, 0.29) is 18.2 Å². The maximum Gasteiger partial charge on any atom is 0.243 e. The molecule has 1 N–H and O–H groups in total. The highest BCUT2D eigenvalue weighted by molar-refractivity contribution is 5.89. The van der Waals surface area contributed by atoms with Gasteiger partial charge in [-0.15, -0.1) is 5.73 Å². The van der Waals surface area contributed by atoms with Crippen LogP contribution < -0.4 is 5.32 Å². The van der Waals surface area contributed by atoms with Crippen LogP contribution in [0.15, 0.2) is 64.5 Å². The number of hydrogen-bond acceptors (Lipinski definition) is 4. The molecule has 2 aliphatic rings. The zero-order chi connectivity index (χ0) is 21.8. The second-order valence-corrected chi connectivity index (χ2v) is 7.90. The first-order valence-corrected chi connectivity index (χ1v) is 10.5. The van der Waals surface area contributed by atoms with Gasteiger partial charge in [-0.3, -0.25) is 9.59 Å². The Morgan fingerprint density at radius 3 is 2.94 bits per heavy atom. The van der Waals surface area contributed by atoms with Crippen LogP contribution in [0.2, 0.25) is 0 Å². The first kappa shape index (κ1) is 20.7. The monoisotopic (exact) mass is 418 g/mol. The molecule has 1 saturated heterocycles. The average molecular weight is 418 g/mol. The Labute approximate surface area is 181 Å². The Bertz CT molecular complexity index is 1110. The third-order valence-electron chi connectivity index (χ3n) is 5.57. The Balaban J connectivity index is 1.36. The zero-order valence-electron chi connectivity index (χ0n) is 17.8. The maximum absolute atomic E-state index is 12.8. The molecular formula is C24H26N4O3. The van der Waals surface area contributed by atoms with E-state index in [0.29, 0.717) is 25.3 Å². The van der Waals surface area contributed by atoms with Gasteiger partial charge in [-0.25, -0.2) is 0 Å². The van der Waals surface area contributed by atoms with Gasteiger partial charge < -0.3 is 19.3 Å². The molecule has 2 amide bonds. The summed E-state index contributed by atoms with van der Waals surface area (Å²) in [5, 5.41) is 6.80. The first-order chi connectivity index (χ1) is 15.0. The molecule has 0 bridgehead atoms. The summed E-state index contributed by atoms with van der Waals surface area (Å²) in [5.41, 5.74) is 7.02. The van der Waals surface area contributed by atoms with Gasteiger partial charge in [-0.05, 0) is 49.6 Å². The largest absolute Gasteiger partial charge is 0.361 e. The van der Waals surface area contributed by atoms with Crippen LogP contribution in [0, 0.1) is 6.92 Å². The van der Waals surface area contributed by atoms with Crippen LogP contribution in [0.25, 0.3) is 5.57 Å². The third-order valence-corrected chi connectivity index (χ3v) is 5.57. The van der Waals surface area contributed by atoms with E-state index in [0.717, 1.165) is 29.0 Å². The minimum atomic E-state index is -0.447. The van der Waals surface area contributed by atoms with Crippen molar-refractivity contribution in [1.29, 1.82) is 0 Å².